The van der Waals surface area contributed by atoms with E-state index in [9.17, 15) is 9.59 Å². The third-order valence-corrected chi connectivity index (χ3v) is 3.17. The maximum atomic E-state index is 11.8. The molecule has 0 saturated carbocycles. The Hall–Kier alpha value is -2.56. The van der Waals surface area contributed by atoms with Crippen LogP contribution >= 0.6 is 0 Å². The number of nitrogens with zero attached hydrogens (tertiary/aromatic N) is 1. The van der Waals surface area contributed by atoms with Gasteiger partial charge in [0.05, 0.1) is 14.2 Å². The van der Waals surface area contributed by atoms with Gasteiger partial charge in [-0.05, 0) is 36.3 Å². The number of benzene rings is 1. The van der Waals surface area contributed by atoms with Crippen molar-refractivity contribution in [1.82, 2.24) is 4.90 Å². The first kappa shape index (κ1) is 18.5. The van der Waals surface area contributed by atoms with E-state index in [1.54, 1.807) is 44.4 Å². The molecule has 0 spiro atoms. The lowest BCUT2D eigenvalue weighted by Crippen LogP contribution is -2.25. The van der Waals surface area contributed by atoms with Crippen LogP contribution in [0.4, 0.5) is 0 Å². The highest BCUT2D eigenvalue weighted by Gasteiger charge is 2.04. The van der Waals surface area contributed by atoms with E-state index >= 15 is 0 Å². The molecule has 0 atom stereocenters. The highest BCUT2D eigenvalue weighted by molar-refractivity contribution is 6.05. The number of ketones is 1. The second-order valence-corrected chi connectivity index (χ2v) is 4.94. The summed E-state index contributed by atoms with van der Waals surface area (Å²) in [7, 11) is 4.83. The fourth-order valence-electron chi connectivity index (χ4n) is 1.92. The number of methoxy groups -OCH3 is 2. The zero-order valence-electron chi connectivity index (χ0n) is 14.0. The molecule has 1 aromatic rings. The first-order chi connectivity index (χ1) is 11.0. The maximum Gasteiger partial charge on any atom is 0.246 e. The molecule has 5 heteroatoms. The zero-order valence-corrected chi connectivity index (χ0v) is 14.0. The molecular formula is C18H23NO4. The average Bonchev–Trinajstić information content (AvgIpc) is 2.57. The molecule has 1 aromatic carbocycles. The van der Waals surface area contributed by atoms with Crippen LogP contribution in [0.15, 0.2) is 36.4 Å². The third kappa shape index (κ3) is 5.98. The molecule has 0 radical (unpaired) electrons. The molecule has 5 nitrogen and oxygen atoms in total. The Kier molecular flexibility index (Phi) is 7.60. The summed E-state index contributed by atoms with van der Waals surface area (Å²) < 4.78 is 10.4. The van der Waals surface area contributed by atoms with Crippen LogP contribution in [0.1, 0.15) is 18.9 Å². The van der Waals surface area contributed by atoms with Crippen LogP contribution in [0.25, 0.3) is 6.08 Å². The minimum Gasteiger partial charge on any atom is -0.493 e. The molecular weight excluding hydrogens is 294 g/mol. The van der Waals surface area contributed by atoms with Gasteiger partial charge < -0.3 is 14.4 Å². The van der Waals surface area contributed by atoms with Gasteiger partial charge in [0, 0.05) is 19.7 Å². The Morgan fingerprint density at radius 2 is 1.78 bits per heavy atom. The van der Waals surface area contributed by atoms with Gasteiger partial charge in [0.1, 0.15) is 0 Å². The van der Waals surface area contributed by atoms with Crippen molar-refractivity contribution in [1.29, 1.82) is 0 Å². The van der Waals surface area contributed by atoms with Crippen LogP contribution in [0.3, 0.4) is 0 Å². The minimum atomic E-state index is -0.252. The molecule has 0 N–H and O–H groups in total. The largest absolute Gasteiger partial charge is 0.493 e. The van der Waals surface area contributed by atoms with E-state index in [2.05, 4.69) is 0 Å². The number of hydrogen-bond acceptors (Lipinski definition) is 4. The van der Waals surface area contributed by atoms with Gasteiger partial charge in [-0.3, -0.25) is 9.59 Å². The monoisotopic (exact) mass is 317 g/mol. The van der Waals surface area contributed by atoms with Crippen molar-refractivity contribution in [3.8, 4) is 11.5 Å². The van der Waals surface area contributed by atoms with Gasteiger partial charge in [-0.1, -0.05) is 19.1 Å². The molecule has 0 saturated heterocycles. The molecule has 1 rings (SSSR count). The van der Waals surface area contributed by atoms with Gasteiger partial charge in [0.25, 0.3) is 0 Å². The molecule has 0 bridgehead atoms. The predicted octanol–water partition coefficient (Wildman–Crippen LogP) is 2.71. The number of amides is 1. The van der Waals surface area contributed by atoms with E-state index in [1.165, 1.54) is 18.2 Å². The summed E-state index contributed by atoms with van der Waals surface area (Å²) in [5.74, 6) is 0.784. The number of ether oxygens (including phenoxy) is 2. The first-order valence-electron chi connectivity index (χ1n) is 7.39. The fraction of sp³-hybridized carbons (Fsp3) is 0.333. The highest BCUT2D eigenvalue weighted by atomic mass is 16.5. The standard InChI is InChI=1S/C18H23NO4/c1-5-12-19(2)18(21)11-9-15(20)8-6-14-7-10-16(22-3)17(13-14)23-4/h6-11,13H,5,12H2,1-4H3/b8-6+,11-9+. The summed E-state index contributed by atoms with van der Waals surface area (Å²) in [6.45, 7) is 2.66. The van der Waals surface area contributed by atoms with Gasteiger partial charge >= 0.3 is 0 Å². The highest BCUT2D eigenvalue weighted by Crippen LogP contribution is 2.27. The van der Waals surface area contributed by atoms with E-state index in [-0.39, 0.29) is 11.7 Å². The second kappa shape index (κ2) is 9.46. The average molecular weight is 317 g/mol. The van der Waals surface area contributed by atoms with E-state index in [0.29, 0.717) is 18.0 Å². The Labute approximate surface area is 137 Å². The molecule has 124 valence electrons. The zero-order chi connectivity index (χ0) is 17.2. The molecule has 0 aliphatic carbocycles. The number of carbonyl (C=O) groups excluding carboxylic acids is 2. The quantitative estimate of drug-likeness (QED) is 0.692. The van der Waals surface area contributed by atoms with Crippen LogP contribution in [-0.4, -0.2) is 44.4 Å². The Morgan fingerprint density at radius 3 is 2.39 bits per heavy atom. The number of carbonyl (C=O) groups is 2. The van der Waals surface area contributed by atoms with Crippen molar-refractivity contribution in [3.63, 3.8) is 0 Å². The van der Waals surface area contributed by atoms with Crippen LogP contribution in [0, 0.1) is 0 Å². The first-order valence-corrected chi connectivity index (χ1v) is 7.39. The Morgan fingerprint density at radius 1 is 1.09 bits per heavy atom. The lowest BCUT2D eigenvalue weighted by Gasteiger charge is -2.12. The minimum absolute atomic E-state index is 0.181. The van der Waals surface area contributed by atoms with E-state index in [0.717, 1.165) is 12.0 Å². The molecule has 23 heavy (non-hydrogen) atoms. The topological polar surface area (TPSA) is 55.8 Å². The molecule has 0 aliphatic heterocycles. The van der Waals surface area contributed by atoms with Gasteiger partial charge in [-0.15, -0.1) is 0 Å². The van der Waals surface area contributed by atoms with Crippen molar-refractivity contribution in [2.45, 2.75) is 13.3 Å². The van der Waals surface area contributed by atoms with Crippen molar-refractivity contribution in [2.75, 3.05) is 27.8 Å². The Balaban J connectivity index is 2.70. The number of likely N-dealkylation sites (N-methyl/N-ethyl adjacent to an activating group) is 1. The van der Waals surface area contributed by atoms with E-state index in [1.807, 2.05) is 13.0 Å². The number of hydrogen-bond donors (Lipinski definition) is 0. The second-order valence-electron chi connectivity index (χ2n) is 4.94. The lowest BCUT2D eigenvalue weighted by molar-refractivity contribution is -0.125. The lowest BCUT2D eigenvalue weighted by atomic mass is 10.1. The van der Waals surface area contributed by atoms with Gasteiger partial charge in [0.15, 0.2) is 17.3 Å². The van der Waals surface area contributed by atoms with Crippen LogP contribution < -0.4 is 9.47 Å². The van der Waals surface area contributed by atoms with Gasteiger partial charge in [0.2, 0.25) is 5.91 Å². The van der Waals surface area contributed by atoms with Crippen LogP contribution in [0.2, 0.25) is 0 Å². The van der Waals surface area contributed by atoms with E-state index < -0.39 is 0 Å². The molecule has 1 amide bonds. The predicted molar refractivity (Wildman–Crippen MR) is 90.7 cm³/mol. The molecule has 0 unspecified atom stereocenters. The smallest absolute Gasteiger partial charge is 0.246 e. The normalized spacial score (nSPS) is 11.0. The number of allylic oxidation sites excluding steroid dienone is 2. The summed E-state index contributed by atoms with van der Waals surface area (Å²) in [5, 5.41) is 0. The van der Waals surface area contributed by atoms with Gasteiger partial charge in [-0.2, -0.15) is 0 Å². The maximum absolute atomic E-state index is 11.8. The fourth-order valence-corrected chi connectivity index (χ4v) is 1.92. The molecule has 0 aliphatic rings. The van der Waals surface area contributed by atoms with Crippen LogP contribution in [-0.2, 0) is 9.59 Å². The van der Waals surface area contributed by atoms with Crippen molar-refractivity contribution >= 4 is 17.8 Å². The van der Waals surface area contributed by atoms with Crippen LogP contribution in [0.5, 0.6) is 11.5 Å². The summed E-state index contributed by atoms with van der Waals surface area (Å²) in [6, 6.07) is 5.35. The SMILES string of the molecule is CCCN(C)C(=O)/C=C/C(=O)/C=C/c1ccc(OC)c(OC)c1. The summed E-state index contributed by atoms with van der Waals surface area (Å²) in [5.41, 5.74) is 0.804. The molecule has 0 aromatic heterocycles. The number of rotatable bonds is 8. The summed E-state index contributed by atoms with van der Waals surface area (Å²) >= 11 is 0. The van der Waals surface area contributed by atoms with Crippen molar-refractivity contribution < 1.29 is 19.1 Å². The van der Waals surface area contributed by atoms with E-state index in [4.69, 9.17) is 9.47 Å². The van der Waals surface area contributed by atoms with Crippen molar-refractivity contribution in [2.24, 2.45) is 0 Å². The molecule has 0 heterocycles. The van der Waals surface area contributed by atoms with Gasteiger partial charge in [-0.25, -0.2) is 0 Å². The summed E-state index contributed by atoms with van der Waals surface area (Å²) in [4.78, 5) is 25.0. The molecule has 0 fully saturated rings. The third-order valence-electron chi connectivity index (χ3n) is 3.17. The Bertz CT molecular complexity index is 605. The summed E-state index contributed by atoms with van der Waals surface area (Å²) in [6.07, 6.45) is 6.51. The van der Waals surface area contributed by atoms with Crippen molar-refractivity contribution in [3.05, 3.63) is 42.0 Å².